The highest BCUT2D eigenvalue weighted by Crippen LogP contribution is 2.21. The number of nitrogens with zero attached hydrogens (tertiary/aromatic N) is 1. The first-order valence-corrected chi connectivity index (χ1v) is 7.13. The summed E-state index contributed by atoms with van der Waals surface area (Å²) in [6, 6.07) is 13.7. The van der Waals surface area contributed by atoms with Crippen LogP contribution in [0.5, 0.6) is 5.75 Å². The van der Waals surface area contributed by atoms with Crippen molar-refractivity contribution in [3.05, 3.63) is 57.5 Å². The van der Waals surface area contributed by atoms with Crippen LogP contribution in [0.25, 0.3) is 0 Å². The van der Waals surface area contributed by atoms with Crippen molar-refractivity contribution in [1.29, 1.82) is 5.26 Å². The molecule has 0 aliphatic rings. The molecule has 0 saturated carbocycles. The van der Waals surface area contributed by atoms with Crippen LogP contribution in [-0.2, 0) is 4.79 Å². The molecule has 0 heterocycles. The van der Waals surface area contributed by atoms with E-state index in [1.165, 1.54) is 0 Å². The Morgan fingerprint density at radius 1 is 1.29 bits per heavy atom. The maximum absolute atomic E-state index is 11.8. The van der Waals surface area contributed by atoms with Crippen molar-refractivity contribution in [1.82, 2.24) is 0 Å². The van der Waals surface area contributed by atoms with Crippen molar-refractivity contribution in [2.75, 3.05) is 11.9 Å². The van der Waals surface area contributed by atoms with Crippen molar-refractivity contribution < 1.29 is 9.53 Å². The molecular formula is C15H10BrClN2O2. The number of nitriles is 1. The predicted octanol–water partition coefficient (Wildman–Crippen LogP) is 3.99. The van der Waals surface area contributed by atoms with E-state index in [4.69, 9.17) is 21.6 Å². The topological polar surface area (TPSA) is 62.1 Å². The fraction of sp³-hybridized carbons (Fsp3) is 0.0667. The Morgan fingerprint density at radius 2 is 2.00 bits per heavy atom. The van der Waals surface area contributed by atoms with Crippen molar-refractivity contribution in [2.45, 2.75) is 0 Å². The third-order valence-corrected chi connectivity index (χ3v) is 3.30. The molecule has 0 fully saturated rings. The first-order valence-electron chi connectivity index (χ1n) is 5.96. The van der Waals surface area contributed by atoms with E-state index in [0.29, 0.717) is 22.0 Å². The van der Waals surface area contributed by atoms with Crippen LogP contribution in [0.1, 0.15) is 5.56 Å². The zero-order valence-corrected chi connectivity index (χ0v) is 13.1. The lowest BCUT2D eigenvalue weighted by atomic mass is 10.2. The Morgan fingerprint density at radius 3 is 2.67 bits per heavy atom. The molecular weight excluding hydrogens is 356 g/mol. The molecule has 0 unspecified atom stereocenters. The lowest BCUT2D eigenvalue weighted by molar-refractivity contribution is -0.118. The van der Waals surface area contributed by atoms with Gasteiger partial charge in [-0.1, -0.05) is 27.5 Å². The van der Waals surface area contributed by atoms with Gasteiger partial charge in [-0.05, 0) is 42.5 Å². The molecule has 0 aliphatic carbocycles. The van der Waals surface area contributed by atoms with Crippen LogP contribution in [0.4, 0.5) is 5.69 Å². The lowest BCUT2D eigenvalue weighted by Gasteiger charge is -2.09. The van der Waals surface area contributed by atoms with Gasteiger partial charge in [-0.3, -0.25) is 4.79 Å². The van der Waals surface area contributed by atoms with E-state index >= 15 is 0 Å². The summed E-state index contributed by atoms with van der Waals surface area (Å²) in [6.07, 6.45) is 0. The molecule has 2 rings (SSSR count). The normalized spacial score (nSPS) is 9.76. The molecule has 0 atom stereocenters. The Balaban J connectivity index is 1.97. The highest BCUT2D eigenvalue weighted by molar-refractivity contribution is 9.10. The first kappa shape index (κ1) is 15.4. The standard InChI is InChI=1S/C15H10BrClN2O2/c16-11-2-1-10(8-18)14(7-11)19-15(20)9-21-13-5-3-12(17)4-6-13/h1-7H,9H2,(H,19,20). The van der Waals surface area contributed by atoms with Crippen LogP contribution in [-0.4, -0.2) is 12.5 Å². The fourth-order valence-electron chi connectivity index (χ4n) is 1.58. The predicted molar refractivity (Wildman–Crippen MR) is 84.4 cm³/mol. The number of carbonyl (C=O) groups excluding carboxylic acids is 1. The number of anilines is 1. The number of carbonyl (C=O) groups is 1. The fourth-order valence-corrected chi connectivity index (χ4v) is 2.07. The van der Waals surface area contributed by atoms with Crippen molar-refractivity contribution >= 4 is 39.1 Å². The maximum Gasteiger partial charge on any atom is 0.262 e. The van der Waals surface area contributed by atoms with Crippen LogP contribution in [0.2, 0.25) is 5.02 Å². The minimum absolute atomic E-state index is 0.154. The van der Waals surface area contributed by atoms with E-state index in [-0.39, 0.29) is 12.5 Å². The van der Waals surface area contributed by atoms with Gasteiger partial charge < -0.3 is 10.1 Å². The molecule has 2 aromatic carbocycles. The second-order valence-corrected chi connectivity index (χ2v) is 5.44. The summed E-state index contributed by atoms with van der Waals surface area (Å²) in [5, 5.41) is 12.2. The Labute approximate surface area is 135 Å². The average molecular weight is 366 g/mol. The van der Waals surface area contributed by atoms with E-state index in [1.54, 1.807) is 42.5 Å². The number of hydrogen-bond acceptors (Lipinski definition) is 3. The minimum atomic E-state index is -0.348. The van der Waals surface area contributed by atoms with Crippen LogP contribution in [0, 0.1) is 11.3 Å². The molecule has 0 aliphatic heterocycles. The minimum Gasteiger partial charge on any atom is -0.484 e. The lowest BCUT2D eigenvalue weighted by Crippen LogP contribution is -2.20. The quantitative estimate of drug-likeness (QED) is 0.891. The molecule has 1 N–H and O–H groups in total. The van der Waals surface area contributed by atoms with Crippen LogP contribution in [0.3, 0.4) is 0 Å². The smallest absolute Gasteiger partial charge is 0.262 e. The Hall–Kier alpha value is -2.03. The van der Waals surface area contributed by atoms with Gasteiger partial charge in [0.1, 0.15) is 11.8 Å². The Bertz CT molecular complexity index is 696. The molecule has 0 saturated heterocycles. The van der Waals surface area contributed by atoms with Gasteiger partial charge in [-0.2, -0.15) is 5.26 Å². The Kier molecular flexibility index (Phi) is 5.20. The van der Waals surface area contributed by atoms with E-state index in [9.17, 15) is 4.79 Å². The number of benzene rings is 2. The monoisotopic (exact) mass is 364 g/mol. The van der Waals surface area contributed by atoms with E-state index < -0.39 is 0 Å². The van der Waals surface area contributed by atoms with E-state index in [1.807, 2.05) is 6.07 Å². The zero-order chi connectivity index (χ0) is 15.2. The summed E-state index contributed by atoms with van der Waals surface area (Å²) in [7, 11) is 0. The largest absolute Gasteiger partial charge is 0.484 e. The number of halogens is 2. The van der Waals surface area contributed by atoms with Crippen molar-refractivity contribution in [3.8, 4) is 11.8 Å². The van der Waals surface area contributed by atoms with E-state index in [0.717, 1.165) is 4.47 Å². The van der Waals surface area contributed by atoms with Gasteiger partial charge in [0.25, 0.3) is 5.91 Å². The number of rotatable bonds is 4. The SMILES string of the molecule is N#Cc1ccc(Br)cc1NC(=O)COc1ccc(Cl)cc1. The highest BCUT2D eigenvalue weighted by atomic mass is 79.9. The van der Waals surface area contributed by atoms with Crippen molar-refractivity contribution in [3.63, 3.8) is 0 Å². The summed E-state index contributed by atoms with van der Waals surface area (Å²) in [5.74, 6) is 0.198. The molecule has 0 aromatic heterocycles. The first-order chi connectivity index (χ1) is 10.1. The molecule has 21 heavy (non-hydrogen) atoms. The van der Waals surface area contributed by atoms with Gasteiger partial charge in [0.2, 0.25) is 0 Å². The molecule has 4 nitrogen and oxygen atoms in total. The summed E-state index contributed by atoms with van der Waals surface area (Å²) in [5.41, 5.74) is 0.828. The third-order valence-electron chi connectivity index (χ3n) is 2.56. The molecule has 106 valence electrons. The molecule has 2 aromatic rings. The third kappa shape index (κ3) is 4.48. The van der Waals surface area contributed by atoms with E-state index in [2.05, 4.69) is 21.2 Å². The molecule has 0 bridgehead atoms. The van der Waals surface area contributed by atoms with Crippen LogP contribution in [0.15, 0.2) is 46.9 Å². The van der Waals surface area contributed by atoms with Gasteiger partial charge in [0.05, 0.1) is 11.3 Å². The van der Waals surface area contributed by atoms with Gasteiger partial charge >= 0.3 is 0 Å². The number of amides is 1. The molecule has 1 amide bonds. The van der Waals surface area contributed by atoms with Crippen LogP contribution >= 0.6 is 27.5 Å². The van der Waals surface area contributed by atoms with Gasteiger partial charge in [0, 0.05) is 9.50 Å². The van der Waals surface area contributed by atoms with Gasteiger partial charge in [-0.15, -0.1) is 0 Å². The van der Waals surface area contributed by atoms with Crippen LogP contribution < -0.4 is 10.1 Å². The molecule has 0 radical (unpaired) electrons. The van der Waals surface area contributed by atoms with Gasteiger partial charge in [0.15, 0.2) is 6.61 Å². The zero-order valence-electron chi connectivity index (χ0n) is 10.8. The summed E-state index contributed by atoms with van der Waals surface area (Å²) < 4.78 is 6.11. The second kappa shape index (κ2) is 7.11. The summed E-state index contributed by atoms with van der Waals surface area (Å²) >= 11 is 9.05. The number of hydrogen-bond donors (Lipinski definition) is 1. The maximum atomic E-state index is 11.8. The summed E-state index contributed by atoms with van der Waals surface area (Å²) in [4.78, 5) is 11.8. The second-order valence-electron chi connectivity index (χ2n) is 4.09. The van der Waals surface area contributed by atoms with Gasteiger partial charge in [-0.25, -0.2) is 0 Å². The molecule has 0 spiro atoms. The number of nitrogens with one attached hydrogen (secondary N) is 1. The molecule has 6 heteroatoms. The van der Waals surface area contributed by atoms with Crippen molar-refractivity contribution in [2.24, 2.45) is 0 Å². The highest BCUT2D eigenvalue weighted by Gasteiger charge is 2.08. The number of ether oxygens (including phenoxy) is 1. The summed E-state index contributed by atoms with van der Waals surface area (Å²) in [6.45, 7) is -0.154. The average Bonchev–Trinajstić information content (AvgIpc) is 2.47.